The van der Waals surface area contributed by atoms with Crippen LogP contribution in [0.3, 0.4) is 0 Å². The van der Waals surface area contributed by atoms with Crippen molar-refractivity contribution in [3.8, 4) is 0 Å². The average Bonchev–Trinajstić information content (AvgIpc) is 2.79. The van der Waals surface area contributed by atoms with Crippen molar-refractivity contribution in [3.63, 3.8) is 0 Å². The molecule has 0 aliphatic heterocycles. The number of fused-ring (bicyclic) bond motifs is 2. The van der Waals surface area contributed by atoms with Crippen LogP contribution in [0.4, 0.5) is 0 Å². The Bertz CT molecular complexity index is 202. The first-order valence-corrected chi connectivity index (χ1v) is 4.95. The van der Waals surface area contributed by atoms with Crippen molar-refractivity contribution < 1.29 is 0 Å². The van der Waals surface area contributed by atoms with Crippen molar-refractivity contribution in [3.05, 3.63) is 49.1 Å². The van der Waals surface area contributed by atoms with E-state index in [-0.39, 0.29) is 0 Å². The molecule has 0 radical (unpaired) electrons. The Kier molecular flexibility index (Phi) is 4.31. The minimum absolute atomic E-state index is 0.810. The summed E-state index contributed by atoms with van der Waals surface area (Å²) < 4.78 is 0. The van der Waals surface area contributed by atoms with Crippen LogP contribution in [-0.4, -0.2) is 0 Å². The number of allylic oxidation sites excluding steroid dienone is 7. The Labute approximate surface area is 81.4 Å². The normalized spacial score (nSPS) is 27.8. The average molecular weight is 174 g/mol. The highest BCUT2D eigenvalue weighted by Gasteiger charge is 2.19. The molecule has 0 saturated carbocycles. The molecule has 0 aromatic heterocycles. The Hall–Kier alpha value is -1.04. The van der Waals surface area contributed by atoms with Crippen molar-refractivity contribution in [1.82, 2.24) is 0 Å². The van der Waals surface area contributed by atoms with Gasteiger partial charge in [0, 0.05) is 0 Å². The molecule has 0 heteroatoms. The summed E-state index contributed by atoms with van der Waals surface area (Å²) in [5, 5.41) is 0. The smallest absolute Gasteiger partial charge is 0.00445 e. The van der Waals surface area contributed by atoms with Gasteiger partial charge >= 0.3 is 0 Å². The van der Waals surface area contributed by atoms with Gasteiger partial charge < -0.3 is 0 Å². The van der Waals surface area contributed by atoms with Gasteiger partial charge in [-0.2, -0.15) is 0 Å². The summed E-state index contributed by atoms with van der Waals surface area (Å²) in [5.41, 5.74) is 0. The van der Waals surface area contributed by atoms with Gasteiger partial charge in [0.25, 0.3) is 0 Å². The van der Waals surface area contributed by atoms with Gasteiger partial charge in [-0.05, 0) is 31.6 Å². The van der Waals surface area contributed by atoms with Gasteiger partial charge in [0.1, 0.15) is 0 Å². The molecule has 70 valence electrons. The SMILES string of the molecule is C1=CC2C=CC1C2.C=CCC=CC. The van der Waals surface area contributed by atoms with Crippen molar-refractivity contribution in [2.24, 2.45) is 11.8 Å². The van der Waals surface area contributed by atoms with E-state index in [0.717, 1.165) is 18.3 Å². The van der Waals surface area contributed by atoms with Crippen LogP contribution in [0.25, 0.3) is 0 Å². The van der Waals surface area contributed by atoms with Gasteiger partial charge in [-0.1, -0.05) is 42.5 Å². The molecule has 0 saturated heterocycles. The van der Waals surface area contributed by atoms with Crippen molar-refractivity contribution in [2.75, 3.05) is 0 Å². The molecule has 13 heavy (non-hydrogen) atoms. The van der Waals surface area contributed by atoms with Gasteiger partial charge in [0.05, 0.1) is 0 Å². The number of rotatable bonds is 2. The van der Waals surface area contributed by atoms with Crippen LogP contribution in [0.15, 0.2) is 49.1 Å². The summed E-state index contributed by atoms with van der Waals surface area (Å²) in [7, 11) is 0. The van der Waals surface area contributed by atoms with E-state index in [4.69, 9.17) is 0 Å². The second-order valence-corrected chi connectivity index (χ2v) is 3.43. The van der Waals surface area contributed by atoms with Crippen LogP contribution >= 0.6 is 0 Å². The van der Waals surface area contributed by atoms with Crippen LogP contribution in [0, 0.1) is 11.8 Å². The topological polar surface area (TPSA) is 0 Å². The first-order valence-electron chi connectivity index (χ1n) is 4.95. The van der Waals surface area contributed by atoms with Crippen LogP contribution in [-0.2, 0) is 0 Å². The summed E-state index contributed by atoms with van der Waals surface area (Å²) >= 11 is 0. The van der Waals surface area contributed by atoms with E-state index >= 15 is 0 Å². The second-order valence-electron chi connectivity index (χ2n) is 3.43. The molecule has 0 fully saturated rings. The minimum atomic E-state index is 0.810. The zero-order valence-corrected chi connectivity index (χ0v) is 8.32. The van der Waals surface area contributed by atoms with Crippen molar-refractivity contribution >= 4 is 0 Å². The van der Waals surface area contributed by atoms with E-state index < -0.39 is 0 Å². The lowest BCUT2D eigenvalue weighted by atomic mass is 10.2. The first-order chi connectivity index (χ1) is 6.36. The molecule has 0 nitrogen and oxygen atoms in total. The van der Waals surface area contributed by atoms with Crippen LogP contribution in [0.1, 0.15) is 19.8 Å². The largest absolute Gasteiger partial charge is 0.103 e. The number of hydrogen-bond acceptors (Lipinski definition) is 0. The summed E-state index contributed by atoms with van der Waals surface area (Å²) in [5.74, 6) is 1.62. The van der Waals surface area contributed by atoms with Gasteiger partial charge in [-0.3, -0.25) is 0 Å². The third-order valence-electron chi connectivity index (χ3n) is 2.29. The maximum atomic E-state index is 3.55. The van der Waals surface area contributed by atoms with Gasteiger partial charge in [-0.15, -0.1) is 6.58 Å². The Morgan fingerprint density at radius 1 is 1.23 bits per heavy atom. The third kappa shape index (κ3) is 3.45. The molecule has 2 aliphatic rings. The molecule has 0 aromatic rings. The molecule has 0 aromatic carbocycles. The minimum Gasteiger partial charge on any atom is -0.103 e. The Morgan fingerprint density at radius 3 is 1.92 bits per heavy atom. The second kappa shape index (κ2) is 5.58. The zero-order chi connectivity index (χ0) is 9.52. The molecule has 0 unspecified atom stereocenters. The fourth-order valence-corrected chi connectivity index (χ4v) is 1.56. The van der Waals surface area contributed by atoms with E-state index in [2.05, 4.69) is 37.0 Å². The van der Waals surface area contributed by atoms with E-state index in [0.29, 0.717) is 0 Å². The van der Waals surface area contributed by atoms with E-state index in [1.165, 1.54) is 6.42 Å². The quantitative estimate of drug-likeness (QED) is 0.557. The molecule has 2 aliphatic carbocycles. The Morgan fingerprint density at radius 2 is 1.77 bits per heavy atom. The highest BCUT2D eigenvalue weighted by molar-refractivity contribution is 5.21. The molecule has 2 bridgehead atoms. The highest BCUT2D eigenvalue weighted by atomic mass is 14.2. The molecule has 0 spiro atoms. The highest BCUT2D eigenvalue weighted by Crippen LogP contribution is 2.31. The summed E-state index contributed by atoms with van der Waals surface area (Å²) in [6.07, 6.45) is 17.5. The molecule has 0 heterocycles. The predicted molar refractivity (Wildman–Crippen MR) is 59.5 cm³/mol. The fourth-order valence-electron chi connectivity index (χ4n) is 1.56. The fraction of sp³-hybridized carbons (Fsp3) is 0.385. The van der Waals surface area contributed by atoms with Crippen molar-refractivity contribution in [1.29, 1.82) is 0 Å². The lowest BCUT2D eigenvalue weighted by molar-refractivity contribution is 0.732. The molecular formula is C13H18. The maximum absolute atomic E-state index is 3.55. The standard InChI is InChI=1S/C7H8.C6H10/c1-2-7-4-3-6(1)5-7;1-3-5-6-4-2/h1-4,6-7H,5H2;3-4,6H,1,5H2,2H3. The Balaban J connectivity index is 0.000000133. The summed E-state index contributed by atoms with van der Waals surface area (Å²) in [6.45, 7) is 5.55. The molecule has 0 N–H and O–H groups in total. The maximum Gasteiger partial charge on any atom is -0.00445 e. The van der Waals surface area contributed by atoms with Crippen molar-refractivity contribution in [2.45, 2.75) is 19.8 Å². The van der Waals surface area contributed by atoms with Crippen LogP contribution in [0.2, 0.25) is 0 Å². The lowest BCUT2D eigenvalue weighted by Crippen LogP contribution is -1.79. The van der Waals surface area contributed by atoms with E-state index in [9.17, 15) is 0 Å². The van der Waals surface area contributed by atoms with Gasteiger partial charge in [-0.25, -0.2) is 0 Å². The van der Waals surface area contributed by atoms with Crippen LogP contribution < -0.4 is 0 Å². The zero-order valence-electron chi connectivity index (χ0n) is 8.32. The van der Waals surface area contributed by atoms with Crippen LogP contribution in [0.5, 0.6) is 0 Å². The molecule has 0 amide bonds. The van der Waals surface area contributed by atoms with Gasteiger partial charge in [0.2, 0.25) is 0 Å². The summed E-state index contributed by atoms with van der Waals surface area (Å²) in [4.78, 5) is 0. The third-order valence-corrected chi connectivity index (χ3v) is 2.29. The lowest BCUT2D eigenvalue weighted by Gasteiger charge is -1.88. The summed E-state index contributed by atoms with van der Waals surface area (Å²) in [6, 6.07) is 0. The molecule has 2 rings (SSSR count). The molecular weight excluding hydrogens is 156 g/mol. The predicted octanol–water partition coefficient (Wildman–Crippen LogP) is 3.89. The monoisotopic (exact) mass is 174 g/mol. The van der Waals surface area contributed by atoms with Gasteiger partial charge in [0.15, 0.2) is 0 Å². The first kappa shape index (κ1) is 10.0. The van der Waals surface area contributed by atoms with E-state index in [1.54, 1.807) is 0 Å². The number of hydrogen-bond donors (Lipinski definition) is 0. The van der Waals surface area contributed by atoms with E-state index in [1.807, 2.05) is 19.1 Å². The molecule has 0 atom stereocenters.